The summed E-state index contributed by atoms with van der Waals surface area (Å²) in [5.74, 6) is 3.05. The maximum atomic E-state index is 13.1. The van der Waals surface area contributed by atoms with Crippen LogP contribution in [0.2, 0.25) is 0 Å². The number of rotatable bonds is 5. The number of hydrogen-bond donors (Lipinski definition) is 1. The topological polar surface area (TPSA) is 96.6 Å². The molecule has 2 aliphatic rings. The summed E-state index contributed by atoms with van der Waals surface area (Å²) >= 11 is 0. The molecule has 1 amide bonds. The predicted octanol–water partition coefficient (Wildman–Crippen LogP) is 3.37. The maximum Gasteiger partial charge on any atom is 0.276 e. The van der Waals surface area contributed by atoms with Crippen LogP contribution in [-0.2, 0) is 12.8 Å². The molecule has 9 heteroatoms. The molecule has 1 fully saturated rings. The van der Waals surface area contributed by atoms with E-state index in [0.29, 0.717) is 37.8 Å². The number of nitrogens with one attached hydrogen (secondary N) is 1. The average Bonchev–Trinajstić information content (AvgIpc) is 3.28. The Morgan fingerprint density at radius 2 is 1.82 bits per heavy atom. The summed E-state index contributed by atoms with van der Waals surface area (Å²) in [6, 6.07) is 9.62. The van der Waals surface area contributed by atoms with Crippen molar-refractivity contribution in [3.05, 3.63) is 53.0 Å². The van der Waals surface area contributed by atoms with E-state index < -0.39 is 0 Å². The zero-order chi connectivity index (χ0) is 22.8. The first-order valence-electron chi connectivity index (χ1n) is 11.4. The Labute approximate surface area is 192 Å². The molecular formula is C24H28N6O3. The fourth-order valence-electron chi connectivity index (χ4n) is 4.39. The van der Waals surface area contributed by atoms with Crippen LogP contribution in [0.1, 0.15) is 40.3 Å². The number of methoxy groups -OCH3 is 1. The first-order chi connectivity index (χ1) is 16.1. The fourth-order valence-corrected chi connectivity index (χ4v) is 4.39. The molecule has 5 rings (SSSR count). The Hall–Kier alpha value is -3.62. The Balaban J connectivity index is 1.25. The Bertz CT molecular complexity index is 1140. The van der Waals surface area contributed by atoms with Gasteiger partial charge in [0.15, 0.2) is 5.69 Å². The van der Waals surface area contributed by atoms with Gasteiger partial charge in [0.2, 0.25) is 5.95 Å². The molecule has 0 radical (unpaired) electrons. The summed E-state index contributed by atoms with van der Waals surface area (Å²) in [6.45, 7) is 4.48. The highest BCUT2D eigenvalue weighted by atomic mass is 16.5. The van der Waals surface area contributed by atoms with Crippen molar-refractivity contribution in [3.8, 4) is 5.75 Å². The van der Waals surface area contributed by atoms with Gasteiger partial charge in [0, 0.05) is 55.6 Å². The van der Waals surface area contributed by atoms with Gasteiger partial charge < -0.3 is 24.4 Å². The zero-order valence-electron chi connectivity index (χ0n) is 19.0. The third-order valence-corrected chi connectivity index (χ3v) is 6.21. The average molecular weight is 449 g/mol. The minimum Gasteiger partial charge on any atom is -0.497 e. The maximum absolute atomic E-state index is 13.1. The Morgan fingerprint density at radius 3 is 2.58 bits per heavy atom. The highest BCUT2D eigenvalue weighted by Crippen LogP contribution is 2.26. The second-order valence-corrected chi connectivity index (χ2v) is 8.47. The lowest BCUT2D eigenvalue weighted by Gasteiger charge is -2.34. The number of piperazine rings is 1. The molecule has 1 aliphatic heterocycles. The molecule has 1 aliphatic carbocycles. The van der Waals surface area contributed by atoms with Crippen LogP contribution in [0, 0.1) is 6.92 Å². The van der Waals surface area contributed by atoms with E-state index in [1.807, 2.05) is 42.2 Å². The van der Waals surface area contributed by atoms with Crippen molar-refractivity contribution in [3.63, 3.8) is 0 Å². The third kappa shape index (κ3) is 4.48. The van der Waals surface area contributed by atoms with Crippen molar-refractivity contribution in [1.29, 1.82) is 0 Å². The number of aromatic nitrogens is 3. The summed E-state index contributed by atoms with van der Waals surface area (Å²) in [6.07, 6.45) is 3.93. The molecule has 1 N–H and O–H groups in total. The number of anilines is 3. The SMILES string of the molecule is COc1ccc(Nc2cc(C)nc(N3CCN(C(=O)c4noc5c4CCCC5)CC3)n2)cc1. The van der Waals surface area contributed by atoms with Crippen molar-refractivity contribution in [2.75, 3.05) is 43.5 Å². The Morgan fingerprint density at radius 1 is 1.06 bits per heavy atom. The van der Waals surface area contributed by atoms with Crippen molar-refractivity contribution < 1.29 is 14.1 Å². The summed E-state index contributed by atoms with van der Waals surface area (Å²) in [5.41, 5.74) is 3.30. The molecule has 0 spiro atoms. The number of nitrogens with zero attached hydrogens (tertiary/aromatic N) is 5. The molecule has 33 heavy (non-hydrogen) atoms. The van der Waals surface area contributed by atoms with Gasteiger partial charge in [-0.05, 0) is 50.5 Å². The number of hydrogen-bond acceptors (Lipinski definition) is 8. The van der Waals surface area contributed by atoms with E-state index in [0.717, 1.165) is 60.0 Å². The van der Waals surface area contributed by atoms with Crippen molar-refractivity contribution in [2.45, 2.75) is 32.6 Å². The van der Waals surface area contributed by atoms with Crippen LogP contribution >= 0.6 is 0 Å². The van der Waals surface area contributed by atoms with Crippen LogP contribution in [0.4, 0.5) is 17.5 Å². The summed E-state index contributed by atoms with van der Waals surface area (Å²) < 4.78 is 10.7. The number of benzene rings is 1. The molecule has 9 nitrogen and oxygen atoms in total. The van der Waals surface area contributed by atoms with Crippen LogP contribution in [0.5, 0.6) is 5.75 Å². The number of aryl methyl sites for hydroxylation is 2. The monoisotopic (exact) mass is 448 g/mol. The molecule has 0 unspecified atom stereocenters. The van der Waals surface area contributed by atoms with Gasteiger partial charge in [-0.2, -0.15) is 4.98 Å². The molecule has 0 saturated carbocycles. The van der Waals surface area contributed by atoms with E-state index in [4.69, 9.17) is 14.2 Å². The second-order valence-electron chi connectivity index (χ2n) is 8.47. The molecule has 3 heterocycles. The molecule has 2 aromatic heterocycles. The van der Waals surface area contributed by atoms with E-state index in [1.54, 1.807) is 7.11 Å². The van der Waals surface area contributed by atoms with E-state index in [1.165, 1.54) is 0 Å². The minimum atomic E-state index is -0.0337. The predicted molar refractivity (Wildman–Crippen MR) is 124 cm³/mol. The summed E-state index contributed by atoms with van der Waals surface area (Å²) in [4.78, 5) is 26.4. The van der Waals surface area contributed by atoms with Gasteiger partial charge in [-0.15, -0.1) is 0 Å². The minimum absolute atomic E-state index is 0.0337. The van der Waals surface area contributed by atoms with Gasteiger partial charge in [0.05, 0.1) is 7.11 Å². The van der Waals surface area contributed by atoms with Gasteiger partial charge in [0.25, 0.3) is 5.91 Å². The van der Waals surface area contributed by atoms with Gasteiger partial charge in [0.1, 0.15) is 17.3 Å². The van der Waals surface area contributed by atoms with E-state index in [-0.39, 0.29) is 5.91 Å². The number of carbonyl (C=O) groups is 1. The largest absolute Gasteiger partial charge is 0.497 e. The van der Waals surface area contributed by atoms with Crippen LogP contribution in [0.3, 0.4) is 0 Å². The van der Waals surface area contributed by atoms with Crippen LogP contribution in [0.25, 0.3) is 0 Å². The van der Waals surface area contributed by atoms with Gasteiger partial charge >= 0.3 is 0 Å². The number of fused-ring (bicyclic) bond motifs is 1. The molecule has 172 valence electrons. The van der Waals surface area contributed by atoms with E-state index in [9.17, 15) is 4.79 Å². The fraction of sp³-hybridized carbons (Fsp3) is 0.417. The molecular weight excluding hydrogens is 420 g/mol. The first-order valence-corrected chi connectivity index (χ1v) is 11.4. The van der Waals surface area contributed by atoms with Crippen LogP contribution in [0.15, 0.2) is 34.9 Å². The number of carbonyl (C=O) groups excluding carboxylic acids is 1. The van der Waals surface area contributed by atoms with Gasteiger partial charge in [-0.3, -0.25) is 4.79 Å². The second kappa shape index (κ2) is 9.09. The number of amides is 1. The molecule has 0 bridgehead atoms. The molecule has 1 aromatic carbocycles. The molecule has 3 aromatic rings. The highest BCUT2D eigenvalue weighted by Gasteiger charge is 2.30. The molecule has 0 atom stereocenters. The van der Waals surface area contributed by atoms with E-state index >= 15 is 0 Å². The lowest BCUT2D eigenvalue weighted by atomic mass is 9.96. The third-order valence-electron chi connectivity index (χ3n) is 6.21. The zero-order valence-corrected chi connectivity index (χ0v) is 19.0. The van der Waals surface area contributed by atoms with Crippen molar-refractivity contribution >= 4 is 23.4 Å². The summed E-state index contributed by atoms with van der Waals surface area (Å²) in [7, 11) is 1.65. The van der Waals surface area contributed by atoms with Gasteiger partial charge in [-0.1, -0.05) is 5.16 Å². The number of ether oxygens (including phenoxy) is 1. The quantitative estimate of drug-likeness (QED) is 0.635. The van der Waals surface area contributed by atoms with Crippen LogP contribution in [-0.4, -0.2) is 59.2 Å². The van der Waals surface area contributed by atoms with Crippen molar-refractivity contribution in [2.24, 2.45) is 0 Å². The highest BCUT2D eigenvalue weighted by molar-refractivity contribution is 5.94. The Kier molecular flexibility index (Phi) is 5.85. The van der Waals surface area contributed by atoms with E-state index in [2.05, 4.69) is 20.4 Å². The molecule has 1 saturated heterocycles. The lowest BCUT2D eigenvalue weighted by molar-refractivity contribution is 0.0734. The van der Waals surface area contributed by atoms with Crippen molar-refractivity contribution in [1.82, 2.24) is 20.0 Å². The summed E-state index contributed by atoms with van der Waals surface area (Å²) in [5, 5.41) is 7.44. The standard InChI is InChI=1S/C24H28N6O3/c1-16-15-21(26-17-7-9-18(32-2)10-8-17)27-24(25-16)30-13-11-29(12-14-30)23(31)22-19-5-3-4-6-20(19)33-28-22/h7-10,15H,3-6,11-14H2,1-2H3,(H,25,26,27). The normalized spacial score (nSPS) is 15.8. The van der Waals surface area contributed by atoms with Crippen LogP contribution < -0.4 is 15.0 Å². The first kappa shape index (κ1) is 21.2. The smallest absolute Gasteiger partial charge is 0.276 e. The van der Waals surface area contributed by atoms with Gasteiger partial charge in [-0.25, -0.2) is 4.98 Å². The lowest BCUT2D eigenvalue weighted by Crippen LogP contribution is -2.49.